The van der Waals surface area contributed by atoms with Crippen LogP contribution < -0.4 is 20.9 Å². The first-order chi connectivity index (χ1) is 30.5. The molecule has 4 N–H and O–H groups in total. The van der Waals surface area contributed by atoms with Crippen molar-refractivity contribution in [2.75, 3.05) is 36.0 Å². The highest BCUT2D eigenvalue weighted by molar-refractivity contribution is 5.90. The number of hydrogen-bond acceptors (Lipinski definition) is 11. The zero-order chi connectivity index (χ0) is 44.0. The van der Waals surface area contributed by atoms with Crippen LogP contribution in [0.3, 0.4) is 0 Å². The van der Waals surface area contributed by atoms with Gasteiger partial charge < -0.3 is 34.8 Å². The van der Waals surface area contributed by atoms with Crippen molar-refractivity contribution in [3.05, 3.63) is 145 Å². The number of carbonyl (C=O) groups excluding carboxylic acids is 1. The molecule has 0 radical (unpaired) electrons. The number of carboxylic acids is 1. The summed E-state index contributed by atoms with van der Waals surface area (Å²) >= 11 is 0. The molecule has 63 heavy (non-hydrogen) atoms. The van der Waals surface area contributed by atoms with E-state index in [1.54, 1.807) is 12.1 Å². The molecule has 8 aromatic rings. The average molecular weight is 857 g/mol. The number of carbonyl (C=O) groups is 2. The van der Waals surface area contributed by atoms with Crippen molar-refractivity contribution < 1.29 is 23.5 Å². The van der Waals surface area contributed by atoms with Gasteiger partial charge in [-0.15, -0.1) is 10.2 Å². The smallest absolute Gasteiger partial charge is 0.375 e. The van der Waals surface area contributed by atoms with Crippen molar-refractivity contribution in [2.45, 2.75) is 51.6 Å². The molecule has 0 unspecified atom stereocenters. The molecule has 0 spiro atoms. The predicted octanol–water partition coefficient (Wildman–Crippen LogP) is 5.16. The van der Waals surface area contributed by atoms with Gasteiger partial charge in [-0.1, -0.05) is 13.8 Å². The summed E-state index contributed by atoms with van der Waals surface area (Å²) in [5.74, 6) is -0.391. The Kier molecular flexibility index (Phi) is 12.5. The summed E-state index contributed by atoms with van der Waals surface area (Å²) < 4.78 is 32.7. The second kappa shape index (κ2) is 18.6. The van der Waals surface area contributed by atoms with Crippen molar-refractivity contribution in [1.82, 2.24) is 53.6 Å². The first-order valence-electron chi connectivity index (χ1n) is 20.6. The lowest BCUT2D eigenvalue weighted by atomic mass is 10.2. The van der Waals surface area contributed by atoms with E-state index in [4.69, 9.17) is 20.8 Å². The van der Waals surface area contributed by atoms with Crippen molar-refractivity contribution in [3.8, 4) is 11.4 Å². The maximum Gasteiger partial charge on any atom is 0.375 e. The maximum absolute atomic E-state index is 13.1. The SMILES string of the molecule is CCc1cn2cccc2c(N2CC[C@H](N)C2)n1.CCc1cn2cccc2c(N2CC[C@H](NC(=O)c3ncn(-c4ccc(F)cc4)n3)C2)n1.O=C(O)c1ncn(-c2ccc(F)cc2)n1. The van der Waals surface area contributed by atoms with E-state index >= 15 is 0 Å². The highest BCUT2D eigenvalue weighted by atomic mass is 19.1. The van der Waals surface area contributed by atoms with Gasteiger partial charge in [-0.05, 0) is 98.5 Å². The minimum Gasteiger partial charge on any atom is -0.475 e. The topological polar surface area (TPSA) is 195 Å². The molecule has 19 heteroatoms. The van der Waals surface area contributed by atoms with Gasteiger partial charge in [0.15, 0.2) is 11.6 Å². The molecule has 2 aromatic carbocycles. The molecule has 2 atom stereocenters. The lowest BCUT2D eigenvalue weighted by Crippen LogP contribution is -2.37. The van der Waals surface area contributed by atoms with Crippen LogP contribution in [-0.4, -0.2) is 104 Å². The third-order valence-corrected chi connectivity index (χ3v) is 10.7. The minimum atomic E-state index is -1.20. The second-order valence-electron chi connectivity index (χ2n) is 15.1. The molecule has 2 aliphatic rings. The van der Waals surface area contributed by atoms with Gasteiger partial charge in [0.05, 0.1) is 33.8 Å². The van der Waals surface area contributed by atoms with Crippen LogP contribution in [0.2, 0.25) is 0 Å². The monoisotopic (exact) mass is 856 g/mol. The summed E-state index contributed by atoms with van der Waals surface area (Å²) in [4.78, 5) is 44.9. The van der Waals surface area contributed by atoms with E-state index in [1.807, 2.05) is 12.3 Å². The summed E-state index contributed by atoms with van der Waals surface area (Å²) in [7, 11) is 0. The zero-order valence-electron chi connectivity index (χ0n) is 34.7. The number of aromatic carboxylic acids is 1. The maximum atomic E-state index is 13.1. The number of fused-ring (bicyclic) bond motifs is 2. The Bertz CT molecular complexity index is 2830. The molecular formula is C44H46F2N14O3. The van der Waals surface area contributed by atoms with Crippen LogP contribution in [0, 0.1) is 11.6 Å². The van der Waals surface area contributed by atoms with Crippen LogP contribution in [0.4, 0.5) is 20.4 Å². The minimum absolute atomic E-state index is 0.0210. The molecule has 1 amide bonds. The van der Waals surface area contributed by atoms with Crippen molar-refractivity contribution >= 4 is 34.5 Å². The van der Waals surface area contributed by atoms with E-state index < -0.39 is 5.97 Å². The quantitative estimate of drug-likeness (QED) is 0.173. The number of nitrogens with zero attached hydrogens (tertiary/aromatic N) is 12. The number of aromatic nitrogens is 10. The van der Waals surface area contributed by atoms with Crippen molar-refractivity contribution in [1.29, 1.82) is 0 Å². The number of rotatable bonds is 9. The van der Waals surface area contributed by atoms with Crippen LogP contribution in [0.25, 0.3) is 22.4 Å². The number of nitrogens with one attached hydrogen (secondary N) is 1. The summed E-state index contributed by atoms with van der Waals surface area (Å²) in [5, 5.41) is 19.5. The molecule has 0 saturated carbocycles. The van der Waals surface area contributed by atoms with Crippen LogP contribution in [0.15, 0.2) is 110 Å². The number of aryl methyl sites for hydroxylation is 2. The lowest BCUT2D eigenvalue weighted by Gasteiger charge is -2.20. The Labute approximate surface area is 360 Å². The van der Waals surface area contributed by atoms with E-state index in [0.29, 0.717) is 17.9 Å². The zero-order valence-corrected chi connectivity index (χ0v) is 34.7. The fraction of sp³-hybridized carbons (Fsp3) is 0.273. The molecule has 17 nitrogen and oxygen atoms in total. The van der Waals surface area contributed by atoms with Gasteiger partial charge in [-0.3, -0.25) is 4.79 Å². The van der Waals surface area contributed by atoms with E-state index in [-0.39, 0.29) is 41.3 Å². The first kappa shape index (κ1) is 42.2. The number of carboxylic acid groups (broad SMARTS) is 1. The van der Waals surface area contributed by atoms with Gasteiger partial charge in [0.2, 0.25) is 5.82 Å². The second-order valence-corrected chi connectivity index (χ2v) is 15.1. The Morgan fingerprint density at radius 3 is 1.68 bits per heavy atom. The van der Waals surface area contributed by atoms with E-state index in [0.717, 1.165) is 73.9 Å². The molecule has 8 heterocycles. The highest BCUT2D eigenvalue weighted by Crippen LogP contribution is 2.26. The van der Waals surface area contributed by atoms with Crippen LogP contribution in [0.5, 0.6) is 0 Å². The Balaban J connectivity index is 0.000000143. The van der Waals surface area contributed by atoms with Gasteiger partial charge >= 0.3 is 5.97 Å². The van der Waals surface area contributed by atoms with Crippen molar-refractivity contribution in [3.63, 3.8) is 0 Å². The molecular weight excluding hydrogens is 811 g/mol. The number of anilines is 2. The summed E-state index contributed by atoms with van der Waals surface area (Å²) in [6.45, 7) is 7.64. The van der Waals surface area contributed by atoms with E-state index in [1.165, 1.54) is 63.9 Å². The Morgan fingerprint density at radius 2 is 1.21 bits per heavy atom. The van der Waals surface area contributed by atoms with Crippen LogP contribution >= 0.6 is 0 Å². The van der Waals surface area contributed by atoms with Gasteiger partial charge in [0, 0.05) is 63.1 Å². The largest absolute Gasteiger partial charge is 0.475 e. The third-order valence-electron chi connectivity index (χ3n) is 10.7. The number of nitrogens with two attached hydrogens (primary N) is 1. The molecule has 2 aliphatic heterocycles. The Morgan fingerprint density at radius 1 is 0.714 bits per heavy atom. The van der Waals surface area contributed by atoms with Crippen LogP contribution in [-0.2, 0) is 12.8 Å². The predicted molar refractivity (Wildman–Crippen MR) is 232 cm³/mol. The standard InChI is InChI=1S/C22H22FN7O.C13H18N4.C9H6FN3O2/c1-2-16-12-28-10-3-4-19(28)21(25-16)29-11-9-17(13-29)26-22(31)20-24-14-30(27-20)18-7-5-15(23)6-8-18;1-2-11-9-16-6-3-4-12(16)13(15-11)17-7-5-10(14)8-17;10-6-1-3-7(4-2-6)13-5-11-8(12-13)9(14)15/h3-8,10,12,14,17H,2,9,11,13H2,1H3,(H,26,31);3-4,6,9-10H,2,5,7-8,14H2,1H3;1-5H,(H,14,15)/t17-;10-;/m00./s1. The molecule has 324 valence electrons. The number of hydrogen-bond donors (Lipinski definition) is 3. The van der Waals surface area contributed by atoms with Gasteiger partial charge in [0.1, 0.15) is 24.3 Å². The molecule has 6 aromatic heterocycles. The number of amides is 1. The van der Waals surface area contributed by atoms with E-state index in [9.17, 15) is 18.4 Å². The first-order valence-corrected chi connectivity index (χ1v) is 20.6. The number of benzene rings is 2. The van der Waals surface area contributed by atoms with Crippen molar-refractivity contribution in [2.24, 2.45) is 5.73 Å². The van der Waals surface area contributed by atoms with E-state index in [2.05, 4.69) is 94.7 Å². The Hall–Kier alpha value is -7.54. The number of halogens is 2. The third kappa shape index (κ3) is 9.68. The molecule has 0 bridgehead atoms. The van der Waals surface area contributed by atoms with Crippen LogP contribution in [0.1, 0.15) is 59.3 Å². The van der Waals surface area contributed by atoms with Gasteiger partial charge in [-0.25, -0.2) is 42.9 Å². The average Bonchev–Trinajstić information content (AvgIpc) is 4.15. The van der Waals surface area contributed by atoms with Gasteiger partial charge in [-0.2, -0.15) is 0 Å². The molecule has 2 fully saturated rings. The normalized spacial score (nSPS) is 15.9. The summed E-state index contributed by atoms with van der Waals surface area (Å²) in [5.41, 5.74) is 11.6. The summed E-state index contributed by atoms with van der Waals surface area (Å²) in [6.07, 6.45) is 14.7. The molecule has 10 rings (SSSR count). The summed E-state index contributed by atoms with van der Waals surface area (Å²) in [6, 6.07) is 19.9. The fourth-order valence-electron chi connectivity index (χ4n) is 7.43. The lowest BCUT2D eigenvalue weighted by molar-refractivity contribution is 0.0683. The fourth-order valence-corrected chi connectivity index (χ4v) is 7.43. The van der Waals surface area contributed by atoms with Gasteiger partial charge in [0.25, 0.3) is 11.7 Å². The highest BCUT2D eigenvalue weighted by Gasteiger charge is 2.28. The molecule has 2 saturated heterocycles. The molecule has 0 aliphatic carbocycles.